The minimum absolute atomic E-state index is 0.0151. The Balaban J connectivity index is 1.87. The van der Waals surface area contributed by atoms with Gasteiger partial charge in [0.2, 0.25) is 0 Å². The van der Waals surface area contributed by atoms with E-state index >= 15 is 0 Å². The molecule has 0 bridgehead atoms. The number of sulfone groups is 1. The number of methoxy groups -OCH3 is 1. The average molecular weight is 593 g/mol. The van der Waals surface area contributed by atoms with Crippen LogP contribution in [0.1, 0.15) is 69.7 Å². The molecule has 218 valence electrons. The van der Waals surface area contributed by atoms with Crippen LogP contribution in [0.5, 0.6) is 5.75 Å². The third-order valence-electron chi connectivity index (χ3n) is 6.95. The summed E-state index contributed by atoms with van der Waals surface area (Å²) in [7, 11) is -1.68. The number of carbonyl (C=O) groups excluding carboxylic acids is 1. The second kappa shape index (κ2) is 11.6. The molecule has 13 heteroatoms. The zero-order valence-corrected chi connectivity index (χ0v) is 24.5. The lowest BCUT2D eigenvalue weighted by atomic mass is 9.89. The predicted octanol–water partition coefficient (Wildman–Crippen LogP) is 5.53. The van der Waals surface area contributed by atoms with Crippen LogP contribution in [-0.4, -0.2) is 61.3 Å². The molecule has 1 aliphatic rings. The van der Waals surface area contributed by atoms with E-state index in [2.05, 4.69) is 15.6 Å². The first-order valence-corrected chi connectivity index (χ1v) is 15.0. The second-order valence-corrected chi connectivity index (χ2v) is 13.8. The van der Waals surface area contributed by atoms with Crippen molar-refractivity contribution in [2.75, 3.05) is 25.2 Å². The number of hydrogen-bond acceptors (Lipinski definition) is 6. The molecule has 3 rings (SSSR count). The minimum atomic E-state index is -4.42. The summed E-state index contributed by atoms with van der Waals surface area (Å²) >= 11 is 6.72. The quantitative estimate of drug-likeness (QED) is 0.418. The van der Waals surface area contributed by atoms with Crippen molar-refractivity contribution in [2.24, 2.45) is 5.92 Å². The highest BCUT2D eigenvalue weighted by Gasteiger charge is 2.36. The summed E-state index contributed by atoms with van der Waals surface area (Å²) in [5.74, 6) is 0.391. The van der Waals surface area contributed by atoms with Gasteiger partial charge in [-0.3, -0.25) is 9.36 Å². The lowest BCUT2D eigenvalue weighted by Gasteiger charge is -2.27. The van der Waals surface area contributed by atoms with Crippen molar-refractivity contribution in [3.05, 3.63) is 34.9 Å². The molecule has 8 nitrogen and oxygen atoms in total. The molecule has 1 aliphatic carbocycles. The van der Waals surface area contributed by atoms with Crippen LogP contribution in [0.2, 0.25) is 5.15 Å². The molecule has 39 heavy (non-hydrogen) atoms. The number of anilines is 1. The molecular formula is C26H36ClF3N4O4S. The van der Waals surface area contributed by atoms with Gasteiger partial charge in [-0.2, -0.15) is 13.2 Å². The number of aromatic nitrogens is 2. The number of halogens is 4. The summed E-state index contributed by atoms with van der Waals surface area (Å²) in [5.41, 5.74) is 0.0843. The van der Waals surface area contributed by atoms with E-state index in [9.17, 15) is 26.4 Å². The van der Waals surface area contributed by atoms with Crippen LogP contribution in [0, 0.1) is 5.92 Å². The third kappa shape index (κ3) is 7.39. The lowest BCUT2D eigenvalue weighted by molar-refractivity contribution is -0.138. The Bertz CT molecular complexity index is 1300. The highest BCUT2D eigenvalue weighted by atomic mass is 35.5. The number of amides is 1. The van der Waals surface area contributed by atoms with Crippen molar-refractivity contribution in [2.45, 2.75) is 76.3 Å². The summed E-state index contributed by atoms with van der Waals surface area (Å²) < 4.78 is 69.8. The van der Waals surface area contributed by atoms with Crippen LogP contribution in [0.4, 0.5) is 18.9 Å². The van der Waals surface area contributed by atoms with E-state index in [0.29, 0.717) is 43.7 Å². The number of hydrogen-bond donors (Lipinski definition) is 2. The number of rotatable bonds is 8. The number of nitrogens with zero attached hydrogens (tertiary/aromatic N) is 2. The van der Waals surface area contributed by atoms with Gasteiger partial charge >= 0.3 is 6.18 Å². The number of carbonyl (C=O) groups is 1. The van der Waals surface area contributed by atoms with E-state index < -0.39 is 33.4 Å². The Morgan fingerprint density at radius 2 is 1.82 bits per heavy atom. The molecule has 1 fully saturated rings. The number of nitrogens with one attached hydrogen (secondary N) is 2. The molecule has 1 aromatic carbocycles. The Morgan fingerprint density at radius 3 is 2.33 bits per heavy atom. The first-order chi connectivity index (χ1) is 17.9. The van der Waals surface area contributed by atoms with Gasteiger partial charge in [-0.25, -0.2) is 13.4 Å². The molecule has 2 aromatic rings. The molecule has 0 radical (unpaired) electrons. The molecule has 1 aromatic heterocycles. The van der Waals surface area contributed by atoms with Gasteiger partial charge in [0, 0.05) is 30.0 Å². The predicted molar refractivity (Wildman–Crippen MR) is 146 cm³/mol. The maximum atomic E-state index is 13.2. The van der Waals surface area contributed by atoms with E-state index in [1.807, 2.05) is 20.8 Å². The number of imidazole rings is 1. The van der Waals surface area contributed by atoms with Crippen LogP contribution in [0.3, 0.4) is 0 Å². The van der Waals surface area contributed by atoms with E-state index in [1.54, 1.807) is 10.6 Å². The number of benzene rings is 1. The van der Waals surface area contributed by atoms with Crippen LogP contribution >= 0.6 is 11.6 Å². The zero-order valence-electron chi connectivity index (χ0n) is 22.9. The van der Waals surface area contributed by atoms with Crippen molar-refractivity contribution in [1.29, 1.82) is 0 Å². The van der Waals surface area contributed by atoms with Crippen LogP contribution < -0.4 is 15.4 Å². The van der Waals surface area contributed by atoms with Gasteiger partial charge in [0.25, 0.3) is 5.91 Å². The van der Waals surface area contributed by atoms with E-state index in [-0.39, 0.29) is 33.5 Å². The Labute approximate surface area is 232 Å². The fraction of sp³-hybridized carbons (Fsp3) is 0.615. The second-order valence-electron chi connectivity index (χ2n) is 11.1. The normalized spacial score (nSPS) is 19.4. The molecule has 1 amide bonds. The van der Waals surface area contributed by atoms with Gasteiger partial charge < -0.3 is 15.4 Å². The molecule has 0 aliphatic heterocycles. The Kier molecular flexibility index (Phi) is 9.21. The first kappa shape index (κ1) is 31.1. The largest absolute Gasteiger partial charge is 0.494 e. The number of alkyl halides is 3. The highest BCUT2D eigenvalue weighted by Crippen LogP contribution is 2.37. The van der Waals surface area contributed by atoms with Gasteiger partial charge in [-0.05, 0) is 50.7 Å². The van der Waals surface area contributed by atoms with Gasteiger partial charge in [-0.15, -0.1) is 0 Å². The topological polar surface area (TPSA) is 102 Å². The number of ether oxygens (including phenoxy) is 1. The average Bonchev–Trinajstić information content (AvgIpc) is 3.19. The van der Waals surface area contributed by atoms with E-state index in [1.165, 1.54) is 25.5 Å². The van der Waals surface area contributed by atoms with Gasteiger partial charge in [0.1, 0.15) is 32.6 Å². The zero-order chi connectivity index (χ0) is 29.3. The lowest BCUT2D eigenvalue weighted by Crippen LogP contribution is -2.34. The van der Waals surface area contributed by atoms with Gasteiger partial charge in [0.05, 0.1) is 18.0 Å². The summed E-state index contributed by atoms with van der Waals surface area (Å²) in [6, 6.07) is 2.71. The van der Waals surface area contributed by atoms with Crippen LogP contribution in [0.25, 0.3) is 5.69 Å². The summed E-state index contributed by atoms with van der Waals surface area (Å²) in [6.07, 6.45) is -0.651. The smallest absolute Gasteiger partial charge is 0.408 e. The summed E-state index contributed by atoms with van der Waals surface area (Å²) in [5, 5.41) is 5.01. The molecule has 0 saturated heterocycles. The standard InChI is InChI=1S/C26H36ClF3N4O4S/c1-15(26(28,29)30)32-17-9-12-19(20(13-17)38-5)34-22(27)21(33-24(34)25(2,3)4)23(35)31-14-16-7-10-18(11-8-16)39(6,36)37/h9,12-13,15-16,18,32H,7-8,10-11,14H2,1-6H3,(H,31,35)/t15-,16-,18-/m1/s1. The summed E-state index contributed by atoms with van der Waals surface area (Å²) in [4.78, 5) is 17.7. The highest BCUT2D eigenvalue weighted by molar-refractivity contribution is 7.91. The van der Waals surface area contributed by atoms with Crippen molar-refractivity contribution >= 4 is 33.0 Å². The fourth-order valence-corrected chi connectivity index (χ4v) is 6.06. The van der Waals surface area contributed by atoms with Crippen LogP contribution in [0.15, 0.2) is 18.2 Å². The van der Waals surface area contributed by atoms with Crippen molar-refractivity contribution in [3.8, 4) is 11.4 Å². The fourth-order valence-electron chi connectivity index (χ4n) is 4.64. The van der Waals surface area contributed by atoms with Crippen LogP contribution in [-0.2, 0) is 15.3 Å². The van der Waals surface area contributed by atoms with Crippen molar-refractivity contribution < 1.29 is 31.1 Å². The molecule has 2 N–H and O–H groups in total. The maximum absolute atomic E-state index is 13.2. The third-order valence-corrected chi connectivity index (χ3v) is 8.98. The van der Waals surface area contributed by atoms with Crippen molar-refractivity contribution in [3.63, 3.8) is 0 Å². The van der Waals surface area contributed by atoms with Crippen molar-refractivity contribution in [1.82, 2.24) is 14.9 Å². The minimum Gasteiger partial charge on any atom is -0.494 e. The van der Waals surface area contributed by atoms with Gasteiger partial charge in [-0.1, -0.05) is 32.4 Å². The molecular weight excluding hydrogens is 557 g/mol. The Morgan fingerprint density at radius 1 is 1.21 bits per heavy atom. The van der Waals surface area contributed by atoms with E-state index in [0.717, 1.165) is 6.92 Å². The molecule has 0 spiro atoms. The molecule has 1 atom stereocenters. The SMILES string of the molecule is COc1cc(N[C@H](C)C(F)(F)F)ccc1-n1c(C(C)(C)C)nc(C(=O)NC[C@H]2CC[C@H](S(C)(=O)=O)CC2)c1Cl. The Hall–Kier alpha value is -2.47. The summed E-state index contributed by atoms with van der Waals surface area (Å²) in [6.45, 7) is 7.09. The monoisotopic (exact) mass is 592 g/mol. The molecule has 0 unspecified atom stereocenters. The van der Waals surface area contributed by atoms with Gasteiger partial charge in [0.15, 0.2) is 5.69 Å². The first-order valence-electron chi connectivity index (χ1n) is 12.7. The molecule has 1 heterocycles. The maximum Gasteiger partial charge on any atom is 0.408 e. The molecule has 1 saturated carbocycles. The van der Waals surface area contributed by atoms with E-state index in [4.69, 9.17) is 16.3 Å².